The van der Waals surface area contributed by atoms with Gasteiger partial charge in [0, 0.05) is 19.2 Å². The van der Waals surface area contributed by atoms with Crippen LogP contribution in [0.15, 0.2) is 27.6 Å². The fourth-order valence-corrected chi connectivity index (χ4v) is 3.34. The van der Waals surface area contributed by atoms with Crippen molar-refractivity contribution in [3.05, 3.63) is 40.8 Å². The van der Waals surface area contributed by atoms with E-state index in [1.165, 1.54) is 17.4 Å². The quantitative estimate of drug-likeness (QED) is 0.873. The monoisotopic (exact) mass is 309 g/mol. The summed E-state index contributed by atoms with van der Waals surface area (Å²) in [4.78, 5) is 0.113. The summed E-state index contributed by atoms with van der Waals surface area (Å²) in [7, 11) is -2.14. The maximum atomic E-state index is 12.6. The molecule has 2 N–H and O–H groups in total. The summed E-state index contributed by atoms with van der Waals surface area (Å²) >= 11 is 0. The van der Waals surface area contributed by atoms with E-state index >= 15 is 0 Å². The van der Waals surface area contributed by atoms with Gasteiger partial charge in [0.15, 0.2) is 0 Å². The van der Waals surface area contributed by atoms with Crippen molar-refractivity contribution in [1.29, 1.82) is 0 Å². The Morgan fingerprint density at radius 1 is 1.29 bits per heavy atom. The van der Waals surface area contributed by atoms with Gasteiger partial charge in [-0.3, -0.25) is 0 Å². The second-order valence-corrected chi connectivity index (χ2v) is 7.12. The summed E-state index contributed by atoms with van der Waals surface area (Å²) in [5, 5.41) is 3.83. The lowest BCUT2D eigenvalue weighted by atomic mass is 10.2. The van der Waals surface area contributed by atoms with Crippen LogP contribution in [-0.2, 0) is 16.6 Å². The molecule has 0 amide bonds. The molecule has 0 spiro atoms. The SMILES string of the molecule is Cc1ccc(S(=O)(=O)N(C)Cc2c(C)noc2C)c(N)c1. The topological polar surface area (TPSA) is 89.4 Å². The van der Waals surface area contributed by atoms with Crippen molar-refractivity contribution in [3.8, 4) is 0 Å². The summed E-state index contributed by atoms with van der Waals surface area (Å²) in [5.41, 5.74) is 8.47. The molecule has 0 saturated carbocycles. The Morgan fingerprint density at radius 2 is 1.95 bits per heavy atom. The molecule has 1 aromatic heterocycles. The lowest BCUT2D eigenvalue weighted by Crippen LogP contribution is -2.27. The molecule has 7 heteroatoms. The second-order valence-electron chi connectivity index (χ2n) is 5.11. The first-order valence-corrected chi connectivity index (χ1v) is 7.91. The van der Waals surface area contributed by atoms with Crippen LogP contribution < -0.4 is 5.73 Å². The van der Waals surface area contributed by atoms with E-state index in [0.29, 0.717) is 11.5 Å². The van der Waals surface area contributed by atoms with Gasteiger partial charge in [0.2, 0.25) is 10.0 Å². The van der Waals surface area contributed by atoms with Gasteiger partial charge in [-0.2, -0.15) is 4.31 Å². The van der Waals surface area contributed by atoms with Gasteiger partial charge in [0.05, 0.1) is 11.4 Å². The number of hydrogen-bond donors (Lipinski definition) is 1. The van der Waals surface area contributed by atoms with Gasteiger partial charge in [-0.25, -0.2) is 8.42 Å². The van der Waals surface area contributed by atoms with E-state index in [2.05, 4.69) is 5.16 Å². The average molecular weight is 309 g/mol. The highest BCUT2D eigenvalue weighted by Crippen LogP contribution is 2.25. The van der Waals surface area contributed by atoms with Gasteiger partial charge in [0.25, 0.3) is 0 Å². The van der Waals surface area contributed by atoms with E-state index < -0.39 is 10.0 Å². The van der Waals surface area contributed by atoms with E-state index in [1.54, 1.807) is 26.0 Å². The van der Waals surface area contributed by atoms with E-state index in [-0.39, 0.29) is 17.1 Å². The Kier molecular flexibility index (Phi) is 4.06. The Balaban J connectivity index is 2.35. The summed E-state index contributed by atoms with van der Waals surface area (Å²) in [6, 6.07) is 4.91. The van der Waals surface area contributed by atoms with Gasteiger partial charge in [-0.1, -0.05) is 11.2 Å². The molecule has 0 radical (unpaired) electrons. The number of aryl methyl sites for hydroxylation is 3. The lowest BCUT2D eigenvalue weighted by molar-refractivity contribution is 0.390. The standard InChI is InChI=1S/C14H19N3O3S/c1-9-5-6-14(13(15)7-9)21(18,19)17(4)8-12-10(2)16-20-11(12)3/h5-7H,8,15H2,1-4H3. The van der Waals surface area contributed by atoms with Crippen LogP contribution in [0.1, 0.15) is 22.6 Å². The molecule has 6 nitrogen and oxygen atoms in total. The van der Waals surface area contributed by atoms with Crippen LogP contribution in [0.25, 0.3) is 0 Å². The molecule has 2 aromatic rings. The Bertz CT molecular complexity index is 746. The molecular weight excluding hydrogens is 290 g/mol. The molecule has 0 aliphatic carbocycles. The molecule has 0 unspecified atom stereocenters. The first-order valence-electron chi connectivity index (χ1n) is 6.47. The molecule has 114 valence electrons. The number of aromatic nitrogens is 1. The largest absolute Gasteiger partial charge is 0.398 e. The molecular formula is C14H19N3O3S. The van der Waals surface area contributed by atoms with E-state index in [0.717, 1.165) is 11.1 Å². The summed E-state index contributed by atoms with van der Waals surface area (Å²) in [6.45, 7) is 5.60. The van der Waals surface area contributed by atoms with Crippen LogP contribution in [0.4, 0.5) is 5.69 Å². The number of nitrogen functional groups attached to an aromatic ring is 1. The molecule has 1 heterocycles. The van der Waals surface area contributed by atoms with E-state index in [9.17, 15) is 8.42 Å². The minimum atomic E-state index is -3.66. The van der Waals surface area contributed by atoms with Crippen molar-refractivity contribution in [2.24, 2.45) is 0 Å². The highest BCUT2D eigenvalue weighted by atomic mass is 32.2. The first kappa shape index (κ1) is 15.5. The molecule has 2 rings (SSSR count). The third-order valence-corrected chi connectivity index (χ3v) is 5.29. The predicted molar refractivity (Wildman–Crippen MR) is 80.2 cm³/mol. The number of sulfonamides is 1. The predicted octanol–water partition coefficient (Wildman–Crippen LogP) is 2.00. The normalized spacial score (nSPS) is 12.0. The summed E-state index contributed by atoms with van der Waals surface area (Å²) < 4.78 is 31.5. The van der Waals surface area contributed by atoms with Crippen LogP contribution in [0.3, 0.4) is 0 Å². The molecule has 0 saturated heterocycles. The Hall–Kier alpha value is -1.86. The van der Waals surface area contributed by atoms with Crippen LogP contribution in [0.5, 0.6) is 0 Å². The first-order chi connectivity index (χ1) is 9.73. The van der Waals surface area contributed by atoms with Gasteiger partial charge in [-0.15, -0.1) is 0 Å². The molecule has 21 heavy (non-hydrogen) atoms. The van der Waals surface area contributed by atoms with E-state index in [4.69, 9.17) is 10.3 Å². The van der Waals surface area contributed by atoms with Crippen LogP contribution in [0.2, 0.25) is 0 Å². The second kappa shape index (κ2) is 5.50. The van der Waals surface area contributed by atoms with Crippen LogP contribution >= 0.6 is 0 Å². The van der Waals surface area contributed by atoms with Crippen molar-refractivity contribution in [1.82, 2.24) is 9.46 Å². The number of anilines is 1. The van der Waals surface area contributed by atoms with Gasteiger partial charge < -0.3 is 10.3 Å². The third-order valence-electron chi connectivity index (χ3n) is 3.42. The van der Waals surface area contributed by atoms with Crippen molar-refractivity contribution < 1.29 is 12.9 Å². The lowest BCUT2D eigenvalue weighted by Gasteiger charge is -2.18. The summed E-state index contributed by atoms with van der Waals surface area (Å²) in [5.74, 6) is 0.617. The zero-order valence-corrected chi connectivity index (χ0v) is 13.4. The zero-order chi connectivity index (χ0) is 15.8. The number of benzene rings is 1. The fraction of sp³-hybridized carbons (Fsp3) is 0.357. The van der Waals surface area contributed by atoms with E-state index in [1.807, 2.05) is 6.92 Å². The molecule has 0 aliphatic heterocycles. The van der Waals surface area contributed by atoms with Crippen LogP contribution in [0, 0.1) is 20.8 Å². The van der Waals surface area contributed by atoms with Crippen molar-refractivity contribution in [2.75, 3.05) is 12.8 Å². The van der Waals surface area contributed by atoms with Crippen molar-refractivity contribution in [3.63, 3.8) is 0 Å². The number of nitrogens with zero attached hydrogens (tertiary/aromatic N) is 2. The Labute approximate surface area is 124 Å². The molecule has 0 aliphatic rings. The van der Waals surface area contributed by atoms with Crippen LogP contribution in [-0.4, -0.2) is 24.9 Å². The maximum absolute atomic E-state index is 12.6. The minimum Gasteiger partial charge on any atom is -0.398 e. The highest BCUT2D eigenvalue weighted by Gasteiger charge is 2.25. The fourth-order valence-electron chi connectivity index (χ4n) is 2.11. The third kappa shape index (κ3) is 2.93. The van der Waals surface area contributed by atoms with Crippen molar-refractivity contribution in [2.45, 2.75) is 32.2 Å². The number of nitrogens with two attached hydrogens (primary N) is 1. The van der Waals surface area contributed by atoms with Gasteiger partial charge >= 0.3 is 0 Å². The number of rotatable bonds is 4. The van der Waals surface area contributed by atoms with Gasteiger partial charge in [0.1, 0.15) is 10.7 Å². The molecule has 1 aromatic carbocycles. The molecule has 0 atom stereocenters. The minimum absolute atomic E-state index is 0.113. The molecule has 0 bridgehead atoms. The van der Waals surface area contributed by atoms with Gasteiger partial charge in [-0.05, 0) is 38.5 Å². The summed E-state index contributed by atoms with van der Waals surface area (Å²) in [6.07, 6.45) is 0. The Morgan fingerprint density at radius 3 is 2.48 bits per heavy atom. The smallest absolute Gasteiger partial charge is 0.245 e. The number of hydrogen-bond acceptors (Lipinski definition) is 5. The average Bonchev–Trinajstić information content (AvgIpc) is 2.70. The maximum Gasteiger partial charge on any atom is 0.245 e. The zero-order valence-electron chi connectivity index (χ0n) is 12.5. The van der Waals surface area contributed by atoms with Crippen molar-refractivity contribution >= 4 is 15.7 Å². The highest BCUT2D eigenvalue weighted by molar-refractivity contribution is 7.89. The molecule has 0 fully saturated rings.